The summed E-state index contributed by atoms with van der Waals surface area (Å²) in [6.45, 7) is 0. The van der Waals surface area contributed by atoms with Crippen molar-refractivity contribution in [3.8, 4) is 0 Å². The number of para-hydroxylation sites is 2. The predicted octanol–water partition coefficient (Wildman–Crippen LogP) is 0.440. The van der Waals surface area contributed by atoms with E-state index >= 15 is 0 Å². The van der Waals surface area contributed by atoms with Gasteiger partial charge in [-0.2, -0.15) is 0 Å². The fraction of sp³-hybridized carbons (Fsp3) is 0.111. The Kier molecular flexibility index (Phi) is 2.86. The Morgan fingerprint density at radius 2 is 2.25 bits per heavy atom. The molecule has 1 heterocycles. The highest BCUT2D eigenvalue weighted by Gasteiger charge is 2.11. The summed E-state index contributed by atoms with van der Waals surface area (Å²) in [6.07, 6.45) is 0. The second kappa shape index (κ2) is 4.31. The maximum atomic E-state index is 11.4. The molecule has 0 radical (unpaired) electrons. The highest BCUT2D eigenvalue weighted by Crippen LogP contribution is 2.13. The molecule has 0 spiro atoms. The van der Waals surface area contributed by atoms with E-state index in [-0.39, 0.29) is 10.9 Å². The summed E-state index contributed by atoms with van der Waals surface area (Å²) in [5.74, 6) is -1.14. The Morgan fingerprint density at radius 3 is 3.00 bits per heavy atom. The van der Waals surface area contributed by atoms with Crippen LogP contribution in [0.4, 0.5) is 0 Å². The quantitative estimate of drug-likeness (QED) is 0.473. The molecule has 16 heavy (non-hydrogen) atoms. The first-order valence-corrected chi connectivity index (χ1v) is 5.36. The lowest BCUT2D eigenvalue weighted by molar-refractivity contribution is -0.647. The van der Waals surface area contributed by atoms with E-state index < -0.39 is 5.97 Å². The smallest absolute Gasteiger partial charge is 0.313 e. The zero-order valence-corrected chi connectivity index (χ0v) is 8.85. The van der Waals surface area contributed by atoms with E-state index in [1.54, 1.807) is 24.3 Å². The minimum atomic E-state index is -0.973. The minimum absolute atomic E-state index is 0.163. The molecule has 6 nitrogen and oxygen atoms in total. The Morgan fingerprint density at radius 1 is 1.50 bits per heavy atom. The first-order chi connectivity index (χ1) is 7.66. The summed E-state index contributed by atoms with van der Waals surface area (Å²) in [4.78, 5) is 14.9. The van der Waals surface area contributed by atoms with Crippen LogP contribution in [0.25, 0.3) is 11.0 Å². The van der Waals surface area contributed by atoms with Gasteiger partial charge in [0.05, 0.1) is 5.75 Å². The van der Waals surface area contributed by atoms with Crippen LogP contribution in [-0.4, -0.2) is 26.9 Å². The van der Waals surface area contributed by atoms with Gasteiger partial charge >= 0.3 is 5.97 Å². The Labute approximate surface area is 94.5 Å². The molecule has 0 unspecified atom stereocenters. The number of carbonyl (C=O) groups is 1. The Balaban J connectivity index is 2.38. The third-order valence-corrected chi connectivity index (χ3v) is 2.63. The summed E-state index contributed by atoms with van der Waals surface area (Å²) in [5, 5.41) is 23.7. The zero-order chi connectivity index (χ0) is 11.5. The molecule has 82 valence electrons. The van der Waals surface area contributed by atoms with Gasteiger partial charge in [-0.1, -0.05) is 23.9 Å². The average Bonchev–Trinajstić information content (AvgIpc) is 2.26. The maximum Gasteiger partial charge on any atom is 0.313 e. The molecular formula is C9H7N3O3S. The van der Waals surface area contributed by atoms with Gasteiger partial charge in [0.2, 0.25) is 0 Å². The van der Waals surface area contributed by atoms with E-state index in [9.17, 15) is 10.0 Å². The van der Waals surface area contributed by atoms with Crippen LogP contribution in [0.1, 0.15) is 0 Å². The summed E-state index contributed by atoms with van der Waals surface area (Å²) >= 11 is 0.915. The van der Waals surface area contributed by atoms with Crippen LogP contribution in [0.15, 0.2) is 29.4 Å². The number of hydrogen-bond acceptors (Lipinski definition) is 5. The van der Waals surface area contributed by atoms with Gasteiger partial charge in [-0.3, -0.25) is 4.79 Å². The highest BCUT2D eigenvalue weighted by atomic mass is 32.2. The van der Waals surface area contributed by atoms with Gasteiger partial charge in [-0.25, -0.2) is 4.98 Å². The van der Waals surface area contributed by atoms with Crippen molar-refractivity contribution in [1.82, 2.24) is 10.1 Å². The lowest BCUT2D eigenvalue weighted by atomic mass is 10.3. The zero-order valence-electron chi connectivity index (χ0n) is 8.03. The number of aromatic nitrogens is 3. The number of nitrogens with zero attached hydrogens (tertiary/aromatic N) is 3. The second-order valence-corrected chi connectivity index (χ2v) is 3.88. The molecule has 1 aromatic carbocycles. The van der Waals surface area contributed by atoms with Crippen LogP contribution in [0.5, 0.6) is 0 Å². The van der Waals surface area contributed by atoms with Crippen LogP contribution >= 0.6 is 11.8 Å². The van der Waals surface area contributed by atoms with E-state index in [1.807, 2.05) is 0 Å². The minimum Gasteiger partial charge on any atom is -0.594 e. The summed E-state index contributed by atoms with van der Waals surface area (Å²) in [6, 6.07) is 6.75. The first-order valence-electron chi connectivity index (χ1n) is 4.38. The van der Waals surface area contributed by atoms with Crippen molar-refractivity contribution in [1.29, 1.82) is 0 Å². The van der Waals surface area contributed by atoms with Crippen LogP contribution in [0.2, 0.25) is 0 Å². The van der Waals surface area contributed by atoms with Crippen molar-refractivity contribution in [2.45, 2.75) is 5.16 Å². The largest absolute Gasteiger partial charge is 0.594 e. The molecule has 0 saturated carbocycles. The predicted molar refractivity (Wildman–Crippen MR) is 56.9 cm³/mol. The van der Waals surface area contributed by atoms with Gasteiger partial charge in [0.25, 0.3) is 10.7 Å². The van der Waals surface area contributed by atoms with E-state index in [0.717, 1.165) is 11.8 Å². The molecule has 2 rings (SSSR count). The number of hydrogen-bond donors (Lipinski definition) is 1. The lowest BCUT2D eigenvalue weighted by Crippen LogP contribution is -2.33. The molecule has 0 aliphatic heterocycles. The Hall–Kier alpha value is -1.89. The number of carboxylic acids is 1. The fourth-order valence-corrected chi connectivity index (χ4v) is 1.71. The van der Waals surface area contributed by atoms with Crippen molar-refractivity contribution in [2.75, 3.05) is 5.75 Å². The molecule has 7 heteroatoms. The number of benzene rings is 1. The van der Waals surface area contributed by atoms with Gasteiger partial charge < -0.3 is 10.3 Å². The molecule has 0 saturated heterocycles. The van der Waals surface area contributed by atoms with Crippen LogP contribution in [0.3, 0.4) is 0 Å². The summed E-state index contributed by atoms with van der Waals surface area (Å²) in [5.41, 5.74) is 0.863. The normalized spacial score (nSPS) is 10.5. The van der Waals surface area contributed by atoms with Crippen LogP contribution in [-0.2, 0) is 4.79 Å². The Bertz CT molecular complexity index is 547. The van der Waals surface area contributed by atoms with E-state index in [0.29, 0.717) is 15.9 Å². The second-order valence-electron chi connectivity index (χ2n) is 2.94. The van der Waals surface area contributed by atoms with Gasteiger partial charge in [-0.15, -0.1) is 0 Å². The summed E-state index contributed by atoms with van der Waals surface area (Å²) in [7, 11) is 0. The van der Waals surface area contributed by atoms with Crippen molar-refractivity contribution in [3.63, 3.8) is 0 Å². The molecule has 1 N–H and O–H groups in total. The molecular weight excluding hydrogens is 230 g/mol. The molecule has 1 aromatic heterocycles. The number of fused-ring (bicyclic) bond motifs is 1. The van der Waals surface area contributed by atoms with Crippen LogP contribution < -0.4 is 4.85 Å². The third kappa shape index (κ3) is 2.19. The number of carboxylic acid groups (broad SMARTS) is 1. The van der Waals surface area contributed by atoms with Gasteiger partial charge in [-0.05, 0) is 10.9 Å². The molecule has 0 aliphatic rings. The molecule has 0 bridgehead atoms. The van der Waals surface area contributed by atoms with Crippen LogP contribution in [0, 0.1) is 5.21 Å². The summed E-state index contributed by atoms with van der Waals surface area (Å²) < 4.78 is 0. The lowest BCUT2D eigenvalue weighted by Gasteiger charge is -2.00. The van der Waals surface area contributed by atoms with Crippen molar-refractivity contribution >= 4 is 28.8 Å². The topological polar surface area (TPSA) is 90.0 Å². The first kappa shape index (κ1) is 10.6. The fourth-order valence-electron chi connectivity index (χ4n) is 1.16. The molecule has 2 aromatic rings. The van der Waals surface area contributed by atoms with Crippen molar-refractivity contribution < 1.29 is 14.7 Å². The maximum absolute atomic E-state index is 11.4. The van der Waals surface area contributed by atoms with E-state index in [2.05, 4.69) is 10.1 Å². The van der Waals surface area contributed by atoms with Gasteiger partial charge in [0.1, 0.15) is 5.52 Å². The average molecular weight is 237 g/mol. The SMILES string of the molecule is O=C(O)CSc1nc2ccccc2[n+]([O-])n1. The van der Waals surface area contributed by atoms with E-state index in [1.165, 1.54) is 0 Å². The van der Waals surface area contributed by atoms with E-state index in [4.69, 9.17) is 5.11 Å². The molecule has 0 aliphatic carbocycles. The third-order valence-electron chi connectivity index (χ3n) is 1.81. The number of thioether (sulfide) groups is 1. The van der Waals surface area contributed by atoms with Gasteiger partial charge in [0, 0.05) is 11.2 Å². The number of aliphatic carboxylic acids is 1. The highest BCUT2D eigenvalue weighted by molar-refractivity contribution is 7.99. The van der Waals surface area contributed by atoms with Crippen molar-refractivity contribution in [2.24, 2.45) is 0 Å². The van der Waals surface area contributed by atoms with Crippen molar-refractivity contribution in [3.05, 3.63) is 29.5 Å². The monoisotopic (exact) mass is 237 g/mol. The molecule has 0 amide bonds. The number of rotatable bonds is 3. The molecule has 0 atom stereocenters. The van der Waals surface area contributed by atoms with Gasteiger partial charge in [0.15, 0.2) is 0 Å². The standard InChI is InChI=1S/C9H7N3O3S/c13-8(14)5-16-9-10-6-3-1-2-4-7(6)12(15)11-9/h1-4H,5H2,(H,13,14). The molecule has 0 fully saturated rings.